The van der Waals surface area contributed by atoms with E-state index in [0.29, 0.717) is 17.0 Å². The number of phenolic OH excluding ortho intramolecular Hbond substituents is 1. The Bertz CT molecular complexity index is 3280. The van der Waals surface area contributed by atoms with Crippen LogP contribution < -0.4 is 0 Å². The third-order valence-corrected chi connectivity index (χ3v) is 12.7. The smallest absolute Gasteiger partial charge is 0.149 e. The summed E-state index contributed by atoms with van der Waals surface area (Å²) < 4.78 is 45.7. The molecule has 0 aliphatic carbocycles. The van der Waals surface area contributed by atoms with E-state index in [9.17, 15) is 5.11 Å². The van der Waals surface area contributed by atoms with Crippen molar-refractivity contribution in [3.63, 3.8) is 0 Å². The van der Waals surface area contributed by atoms with Gasteiger partial charge in [-0.15, -0.1) is 0 Å². The van der Waals surface area contributed by atoms with Gasteiger partial charge in [-0.1, -0.05) is 174 Å². The number of pyridine rings is 1. The van der Waals surface area contributed by atoms with Crippen LogP contribution in [0.1, 0.15) is 142 Å². The average Bonchev–Trinajstić information content (AvgIpc) is 3.68. The Kier molecular flexibility index (Phi) is 10.2. The number of aromatic nitrogens is 3. The van der Waals surface area contributed by atoms with E-state index in [1.54, 1.807) is 0 Å². The van der Waals surface area contributed by atoms with Crippen molar-refractivity contribution in [3.05, 3.63) is 167 Å². The molecular weight excluding hydrogens is 791 g/mol. The van der Waals surface area contributed by atoms with Crippen molar-refractivity contribution in [2.24, 2.45) is 0 Å². The van der Waals surface area contributed by atoms with Crippen molar-refractivity contribution in [2.75, 3.05) is 0 Å². The van der Waals surface area contributed by atoms with Crippen molar-refractivity contribution in [2.45, 2.75) is 125 Å². The predicted molar refractivity (Wildman–Crippen MR) is 277 cm³/mol. The fourth-order valence-electron chi connectivity index (χ4n) is 8.78. The first-order valence-corrected chi connectivity index (χ1v) is 23.0. The molecule has 2 aromatic heterocycles. The Balaban J connectivity index is 1.50. The highest BCUT2D eigenvalue weighted by Crippen LogP contribution is 2.47. The van der Waals surface area contributed by atoms with Crippen molar-refractivity contribution >= 4 is 11.0 Å². The van der Waals surface area contributed by atoms with Crippen molar-refractivity contribution < 1.29 is 12.0 Å². The fourth-order valence-corrected chi connectivity index (χ4v) is 8.78. The summed E-state index contributed by atoms with van der Waals surface area (Å²) in [6, 6.07) is 32.4. The number of phenols is 1. The van der Waals surface area contributed by atoms with E-state index in [1.165, 1.54) is 5.56 Å². The lowest BCUT2D eigenvalue weighted by Crippen LogP contribution is -2.17. The second-order valence-corrected chi connectivity index (χ2v) is 21.5. The van der Waals surface area contributed by atoms with Crippen LogP contribution in [0.4, 0.5) is 0 Å². The second kappa shape index (κ2) is 16.9. The summed E-state index contributed by atoms with van der Waals surface area (Å²) in [5.74, 6) is 0.581. The van der Waals surface area contributed by atoms with Gasteiger partial charge < -0.3 is 5.11 Å². The molecule has 4 nitrogen and oxygen atoms in total. The fraction of sp³-hybridized carbons (Fsp3) is 0.311. The van der Waals surface area contributed by atoms with Gasteiger partial charge in [0.1, 0.15) is 11.6 Å². The maximum absolute atomic E-state index is 12.7. The van der Waals surface area contributed by atoms with Gasteiger partial charge in [0.05, 0.1) is 34.8 Å². The summed E-state index contributed by atoms with van der Waals surface area (Å²) in [7, 11) is 0. The molecule has 0 aliphatic rings. The Labute approximate surface area is 395 Å². The molecule has 0 atom stereocenters. The van der Waals surface area contributed by atoms with E-state index < -0.39 is 11.5 Å². The third kappa shape index (κ3) is 8.93. The van der Waals surface area contributed by atoms with E-state index in [2.05, 4.69) is 186 Å². The van der Waals surface area contributed by atoms with E-state index in [0.717, 1.165) is 78.0 Å². The predicted octanol–water partition coefficient (Wildman–Crippen LogP) is 16.9. The summed E-state index contributed by atoms with van der Waals surface area (Å²) in [5, 5.41) is 12.7. The Hall–Kier alpha value is -6.26. The lowest BCUT2D eigenvalue weighted by molar-refractivity contribution is 0.446. The first-order chi connectivity index (χ1) is 32.7. The normalized spacial score (nSPS) is 13.6. The Morgan fingerprint density at radius 1 is 0.569 bits per heavy atom. The minimum absolute atomic E-state index is 0.0838. The minimum Gasteiger partial charge on any atom is -0.507 e. The molecule has 2 heterocycles. The number of benzene rings is 6. The van der Waals surface area contributed by atoms with Crippen molar-refractivity contribution in [1.29, 1.82) is 0 Å². The second-order valence-electron chi connectivity index (χ2n) is 21.5. The number of hydrogen-bond acceptors (Lipinski definition) is 3. The highest BCUT2D eigenvalue weighted by Gasteiger charge is 2.31. The molecule has 0 amide bonds. The number of aromatic hydroxyl groups is 1. The van der Waals surface area contributed by atoms with Crippen LogP contribution in [-0.2, 0) is 16.2 Å². The number of nitrogens with zero attached hydrogens (tertiary/aromatic N) is 3. The number of rotatable bonds is 8. The summed E-state index contributed by atoms with van der Waals surface area (Å²) in [5.41, 5.74) is 15.0. The summed E-state index contributed by atoms with van der Waals surface area (Å²) >= 11 is 0. The van der Waals surface area contributed by atoms with Gasteiger partial charge >= 0.3 is 0 Å². The highest BCUT2D eigenvalue weighted by molar-refractivity contribution is 5.97. The van der Waals surface area contributed by atoms with Crippen molar-refractivity contribution in [1.82, 2.24) is 14.5 Å². The number of para-hydroxylation sites is 1. The van der Waals surface area contributed by atoms with Gasteiger partial charge in [0, 0.05) is 22.9 Å². The monoisotopic (exact) mass is 863 g/mol. The maximum Gasteiger partial charge on any atom is 0.149 e. The molecule has 0 radical (unpaired) electrons. The number of hydrogen-bond donors (Lipinski definition) is 1. The van der Waals surface area contributed by atoms with Crippen LogP contribution in [0.2, 0.25) is 0 Å². The van der Waals surface area contributed by atoms with E-state index in [-0.39, 0.29) is 58.1 Å². The Morgan fingerprint density at radius 3 is 1.78 bits per heavy atom. The third-order valence-electron chi connectivity index (χ3n) is 12.7. The topological polar surface area (TPSA) is 50.9 Å². The van der Waals surface area contributed by atoms with Crippen LogP contribution in [0.25, 0.3) is 72.7 Å². The zero-order valence-corrected chi connectivity index (χ0v) is 40.8. The van der Waals surface area contributed by atoms with Gasteiger partial charge in [-0.05, 0) is 134 Å². The van der Waals surface area contributed by atoms with Crippen LogP contribution >= 0.6 is 0 Å². The summed E-state index contributed by atoms with van der Waals surface area (Å²) in [4.78, 5) is 10.6. The lowest BCUT2D eigenvalue weighted by Gasteiger charge is -2.28. The standard InChI is InChI=1S/C61H67N3O/c1-37(2)49-32-43(40-19-16-15-17-20-40)33-50(38(3)4)56(49)64-54-22-18-21-48(55(54)63-58(64)51-35-47(60(9,10)11)36-52(57(51)65)61(12,13)14)44-29-45(31-46(30-44)59(6,7)8)53-34-42(27-28-62-53)41-25-23-39(5)24-26-41/h15-38,65H,1-14H3/i15D,16D,17D,19D,20D. The van der Waals surface area contributed by atoms with Crippen LogP contribution in [0.3, 0.4) is 0 Å². The zero-order valence-electron chi connectivity index (χ0n) is 45.8. The molecule has 6 aromatic carbocycles. The minimum atomic E-state index is -0.423. The van der Waals surface area contributed by atoms with Crippen LogP contribution in [0.5, 0.6) is 5.75 Å². The zero-order chi connectivity index (χ0) is 51.1. The van der Waals surface area contributed by atoms with Gasteiger partial charge in [-0.25, -0.2) is 4.98 Å². The molecule has 0 saturated carbocycles. The SMILES string of the molecule is [2H]c1c([2H])c([2H])c(-c2cc(C(C)C)c(-n3c(-c4cc(C(C)(C)C)cc(C(C)(C)C)c4O)nc4c(-c5cc(-c6cc(-c7ccc(C)cc7)ccn6)cc(C(C)(C)C)c5)cccc43)c(C(C)C)c2)c([2H])c1[2H]. The Morgan fingerprint density at radius 2 is 1.18 bits per heavy atom. The van der Waals surface area contributed by atoms with E-state index >= 15 is 0 Å². The largest absolute Gasteiger partial charge is 0.507 e. The number of fused-ring (bicyclic) bond motifs is 1. The number of imidazole rings is 1. The maximum atomic E-state index is 12.7. The molecule has 0 bridgehead atoms. The summed E-state index contributed by atoms with van der Waals surface area (Å²) in [6.45, 7) is 30.2. The van der Waals surface area contributed by atoms with Crippen LogP contribution in [0.15, 0.2) is 133 Å². The molecule has 8 rings (SSSR count). The molecule has 332 valence electrons. The molecule has 65 heavy (non-hydrogen) atoms. The van der Waals surface area contributed by atoms with Gasteiger partial charge in [-0.2, -0.15) is 0 Å². The molecule has 0 fully saturated rings. The molecule has 0 spiro atoms. The van der Waals surface area contributed by atoms with Crippen LogP contribution in [0, 0.1) is 6.92 Å². The quantitative estimate of drug-likeness (QED) is 0.166. The average molecular weight is 863 g/mol. The van der Waals surface area contributed by atoms with E-state index in [1.807, 2.05) is 18.3 Å². The first-order valence-electron chi connectivity index (χ1n) is 25.5. The highest BCUT2D eigenvalue weighted by atomic mass is 16.3. The molecule has 0 aliphatic heterocycles. The molecule has 0 unspecified atom stereocenters. The van der Waals surface area contributed by atoms with Gasteiger partial charge in [0.15, 0.2) is 0 Å². The van der Waals surface area contributed by atoms with Crippen LogP contribution in [-0.4, -0.2) is 19.6 Å². The summed E-state index contributed by atoms with van der Waals surface area (Å²) in [6.07, 6.45) is 1.88. The molecule has 0 saturated heterocycles. The van der Waals surface area contributed by atoms with Gasteiger partial charge in [0.25, 0.3) is 0 Å². The molecule has 8 aromatic rings. The molecule has 1 N–H and O–H groups in total. The molecular formula is C61H67N3O. The number of aryl methyl sites for hydroxylation is 1. The first kappa shape index (κ1) is 39.1. The van der Waals surface area contributed by atoms with Gasteiger partial charge in [0.2, 0.25) is 0 Å². The lowest BCUT2D eigenvalue weighted by atomic mass is 9.78. The van der Waals surface area contributed by atoms with Gasteiger partial charge in [-0.3, -0.25) is 9.55 Å². The van der Waals surface area contributed by atoms with E-state index in [4.69, 9.17) is 16.8 Å². The molecule has 4 heteroatoms. The van der Waals surface area contributed by atoms with Crippen molar-refractivity contribution in [3.8, 4) is 67.5 Å².